The van der Waals surface area contributed by atoms with Crippen molar-refractivity contribution in [1.82, 2.24) is 4.98 Å². The Kier molecular flexibility index (Phi) is 3.32. The predicted octanol–water partition coefficient (Wildman–Crippen LogP) is 1.88. The Morgan fingerprint density at radius 1 is 1.28 bits per heavy atom. The van der Waals surface area contributed by atoms with Gasteiger partial charge in [-0.05, 0) is 12.1 Å². The summed E-state index contributed by atoms with van der Waals surface area (Å²) in [5, 5.41) is 9.72. The molecule has 0 unspecified atom stereocenters. The van der Waals surface area contributed by atoms with Gasteiger partial charge in [-0.25, -0.2) is 4.98 Å². The number of methoxy groups -OCH3 is 2. The summed E-state index contributed by atoms with van der Waals surface area (Å²) >= 11 is 0. The standard InChI is InChI=1S/C13H13NO4/c1-17-12-8-5-3-4-6-10(8)14-13(18-2)9(12)7-11(15)16/h3-6H,7H2,1-2H3,(H,15,16). The van der Waals surface area contributed by atoms with Gasteiger partial charge in [0.25, 0.3) is 0 Å². The van der Waals surface area contributed by atoms with Gasteiger partial charge in [0.1, 0.15) is 5.75 Å². The molecule has 2 rings (SSSR count). The molecule has 0 saturated carbocycles. The lowest BCUT2D eigenvalue weighted by Crippen LogP contribution is -2.06. The summed E-state index contributed by atoms with van der Waals surface area (Å²) in [5.74, 6) is -0.170. The van der Waals surface area contributed by atoms with Crippen molar-refractivity contribution in [3.8, 4) is 11.6 Å². The Balaban J connectivity index is 2.75. The van der Waals surface area contributed by atoms with Gasteiger partial charge in [0.05, 0.1) is 31.7 Å². The molecule has 0 aliphatic carbocycles. The van der Waals surface area contributed by atoms with E-state index in [-0.39, 0.29) is 12.3 Å². The molecule has 1 aromatic heterocycles. The fourth-order valence-corrected chi connectivity index (χ4v) is 1.91. The predicted molar refractivity (Wildman–Crippen MR) is 66.2 cm³/mol. The van der Waals surface area contributed by atoms with Crippen LogP contribution < -0.4 is 9.47 Å². The van der Waals surface area contributed by atoms with Crippen LogP contribution in [0.3, 0.4) is 0 Å². The summed E-state index contributed by atoms with van der Waals surface area (Å²) in [6.07, 6.45) is -0.190. The zero-order valence-electron chi connectivity index (χ0n) is 10.1. The number of pyridine rings is 1. The highest BCUT2D eigenvalue weighted by Gasteiger charge is 2.18. The van der Waals surface area contributed by atoms with E-state index in [1.54, 1.807) is 0 Å². The number of aromatic nitrogens is 1. The molecular weight excluding hydrogens is 234 g/mol. The van der Waals surface area contributed by atoms with Crippen LogP contribution in [-0.2, 0) is 11.2 Å². The maximum Gasteiger partial charge on any atom is 0.308 e. The van der Waals surface area contributed by atoms with E-state index in [0.29, 0.717) is 16.8 Å². The topological polar surface area (TPSA) is 68.7 Å². The summed E-state index contributed by atoms with van der Waals surface area (Å²) in [6, 6.07) is 7.37. The van der Waals surface area contributed by atoms with Gasteiger partial charge in [0.2, 0.25) is 5.88 Å². The van der Waals surface area contributed by atoms with Gasteiger partial charge in [-0.2, -0.15) is 0 Å². The Morgan fingerprint density at radius 3 is 2.61 bits per heavy atom. The van der Waals surface area contributed by atoms with Crippen LogP contribution in [0.5, 0.6) is 11.6 Å². The number of benzene rings is 1. The average molecular weight is 247 g/mol. The smallest absolute Gasteiger partial charge is 0.308 e. The number of aliphatic carboxylic acids is 1. The molecule has 2 aromatic rings. The molecule has 1 N–H and O–H groups in total. The number of hydrogen-bond acceptors (Lipinski definition) is 4. The number of para-hydroxylation sites is 1. The summed E-state index contributed by atoms with van der Waals surface area (Å²) in [7, 11) is 2.97. The summed E-state index contributed by atoms with van der Waals surface area (Å²) in [5.41, 5.74) is 1.16. The third kappa shape index (κ3) is 2.07. The van der Waals surface area contributed by atoms with Crippen molar-refractivity contribution in [2.24, 2.45) is 0 Å². The molecule has 0 bridgehead atoms. The number of hydrogen-bond donors (Lipinski definition) is 1. The van der Waals surface area contributed by atoms with Crippen molar-refractivity contribution in [3.05, 3.63) is 29.8 Å². The molecular formula is C13H13NO4. The molecule has 0 atom stereocenters. The van der Waals surface area contributed by atoms with Crippen molar-refractivity contribution in [3.63, 3.8) is 0 Å². The highest BCUT2D eigenvalue weighted by atomic mass is 16.5. The first kappa shape index (κ1) is 12.2. The van der Waals surface area contributed by atoms with E-state index < -0.39 is 5.97 Å². The van der Waals surface area contributed by atoms with Crippen LogP contribution in [0.4, 0.5) is 0 Å². The third-order valence-electron chi connectivity index (χ3n) is 2.63. The molecule has 5 nitrogen and oxygen atoms in total. The molecule has 18 heavy (non-hydrogen) atoms. The first-order chi connectivity index (χ1) is 8.67. The van der Waals surface area contributed by atoms with Crippen LogP contribution in [0.25, 0.3) is 10.9 Å². The average Bonchev–Trinajstić information content (AvgIpc) is 2.37. The molecule has 0 fully saturated rings. The molecule has 0 aliphatic heterocycles. The number of ether oxygens (including phenoxy) is 2. The van der Waals surface area contributed by atoms with Crippen LogP contribution >= 0.6 is 0 Å². The van der Waals surface area contributed by atoms with E-state index in [9.17, 15) is 4.79 Å². The fourth-order valence-electron chi connectivity index (χ4n) is 1.91. The van der Waals surface area contributed by atoms with Crippen molar-refractivity contribution in [2.75, 3.05) is 14.2 Å². The number of nitrogens with zero attached hydrogens (tertiary/aromatic N) is 1. The van der Waals surface area contributed by atoms with E-state index in [0.717, 1.165) is 5.39 Å². The maximum atomic E-state index is 10.9. The van der Waals surface area contributed by atoms with Gasteiger partial charge in [-0.1, -0.05) is 12.1 Å². The first-order valence-electron chi connectivity index (χ1n) is 5.38. The van der Waals surface area contributed by atoms with Gasteiger partial charge < -0.3 is 14.6 Å². The summed E-state index contributed by atoms with van der Waals surface area (Å²) in [4.78, 5) is 15.2. The molecule has 0 spiro atoms. The lowest BCUT2D eigenvalue weighted by molar-refractivity contribution is -0.136. The number of fused-ring (bicyclic) bond motifs is 1. The monoisotopic (exact) mass is 247 g/mol. The van der Waals surface area contributed by atoms with E-state index in [1.807, 2.05) is 24.3 Å². The zero-order valence-corrected chi connectivity index (χ0v) is 10.1. The van der Waals surface area contributed by atoms with Crippen molar-refractivity contribution in [2.45, 2.75) is 6.42 Å². The normalized spacial score (nSPS) is 10.3. The van der Waals surface area contributed by atoms with Crippen LogP contribution in [0, 0.1) is 0 Å². The van der Waals surface area contributed by atoms with Gasteiger partial charge in [0, 0.05) is 5.39 Å². The van der Waals surface area contributed by atoms with Crippen molar-refractivity contribution >= 4 is 16.9 Å². The van der Waals surface area contributed by atoms with Crippen LogP contribution in [-0.4, -0.2) is 30.3 Å². The van der Waals surface area contributed by atoms with Crippen LogP contribution in [0.2, 0.25) is 0 Å². The summed E-state index contributed by atoms with van der Waals surface area (Å²) < 4.78 is 10.5. The van der Waals surface area contributed by atoms with Crippen LogP contribution in [0.1, 0.15) is 5.56 Å². The minimum Gasteiger partial charge on any atom is -0.496 e. The van der Waals surface area contributed by atoms with E-state index in [4.69, 9.17) is 14.6 Å². The second kappa shape index (κ2) is 4.91. The SMILES string of the molecule is COc1nc2ccccc2c(OC)c1CC(=O)O. The highest BCUT2D eigenvalue weighted by molar-refractivity contribution is 5.89. The Labute approximate surface area is 104 Å². The Morgan fingerprint density at radius 2 is 2.00 bits per heavy atom. The fraction of sp³-hybridized carbons (Fsp3) is 0.231. The van der Waals surface area contributed by atoms with Gasteiger partial charge in [-0.15, -0.1) is 0 Å². The third-order valence-corrected chi connectivity index (χ3v) is 2.63. The first-order valence-corrected chi connectivity index (χ1v) is 5.38. The number of carboxylic acids is 1. The second-order valence-electron chi connectivity index (χ2n) is 3.72. The molecule has 0 radical (unpaired) electrons. The van der Waals surface area contributed by atoms with Gasteiger partial charge in [0.15, 0.2) is 0 Å². The van der Waals surface area contributed by atoms with Crippen molar-refractivity contribution in [1.29, 1.82) is 0 Å². The molecule has 0 amide bonds. The lowest BCUT2D eigenvalue weighted by Gasteiger charge is -2.13. The van der Waals surface area contributed by atoms with Gasteiger partial charge in [-0.3, -0.25) is 4.79 Å². The molecule has 0 saturated heterocycles. The number of rotatable bonds is 4. The van der Waals surface area contributed by atoms with Gasteiger partial charge >= 0.3 is 5.97 Å². The Bertz CT molecular complexity index is 595. The quantitative estimate of drug-likeness (QED) is 0.893. The molecule has 94 valence electrons. The largest absolute Gasteiger partial charge is 0.496 e. The highest BCUT2D eigenvalue weighted by Crippen LogP contribution is 2.34. The molecule has 1 aromatic carbocycles. The molecule has 5 heteroatoms. The van der Waals surface area contributed by atoms with E-state index in [1.165, 1.54) is 14.2 Å². The maximum absolute atomic E-state index is 10.9. The minimum atomic E-state index is -0.955. The van der Waals surface area contributed by atoms with Crippen LogP contribution in [0.15, 0.2) is 24.3 Å². The minimum absolute atomic E-state index is 0.190. The number of carboxylic acid groups (broad SMARTS) is 1. The molecule has 1 heterocycles. The van der Waals surface area contributed by atoms with E-state index in [2.05, 4.69) is 4.98 Å². The molecule has 0 aliphatic rings. The van der Waals surface area contributed by atoms with E-state index >= 15 is 0 Å². The number of carbonyl (C=O) groups is 1. The lowest BCUT2D eigenvalue weighted by atomic mass is 10.1. The van der Waals surface area contributed by atoms with Crippen molar-refractivity contribution < 1.29 is 19.4 Å². The zero-order chi connectivity index (χ0) is 13.1. The second-order valence-corrected chi connectivity index (χ2v) is 3.72. The summed E-state index contributed by atoms with van der Waals surface area (Å²) in [6.45, 7) is 0. The Hall–Kier alpha value is -2.30.